The van der Waals surface area contributed by atoms with Crippen molar-refractivity contribution in [2.24, 2.45) is 0 Å². The number of nitrogens with zero attached hydrogens (tertiary/aromatic N) is 6. The van der Waals surface area contributed by atoms with Crippen molar-refractivity contribution in [3.05, 3.63) is 5.82 Å². The van der Waals surface area contributed by atoms with Crippen molar-refractivity contribution in [3.63, 3.8) is 0 Å². The largest absolute Gasteiger partial charge is 0.368 e. The fraction of sp³-hybridized carbons (Fsp3) is 0.786. The fourth-order valence-corrected chi connectivity index (χ4v) is 2.64. The molecule has 1 fully saturated rings. The lowest BCUT2D eigenvalue weighted by atomic mass is 10.2. The maximum atomic E-state index is 5.81. The van der Waals surface area contributed by atoms with E-state index in [-0.39, 0.29) is 6.04 Å². The molecule has 7 heteroatoms. The summed E-state index contributed by atoms with van der Waals surface area (Å²) in [6, 6.07) is 0.165. The second kappa shape index (κ2) is 7.00. The van der Waals surface area contributed by atoms with Crippen LogP contribution in [0.25, 0.3) is 0 Å². The van der Waals surface area contributed by atoms with E-state index in [1.165, 1.54) is 13.0 Å². The van der Waals surface area contributed by atoms with Crippen LogP contribution in [0.2, 0.25) is 0 Å². The van der Waals surface area contributed by atoms with Gasteiger partial charge >= 0.3 is 0 Å². The minimum absolute atomic E-state index is 0.165. The summed E-state index contributed by atoms with van der Waals surface area (Å²) in [5.74, 6) is 1.67. The van der Waals surface area contributed by atoms with Gasteiger partial charge in [0.05, 0.1) is 6.04 Å². The predicted octanol–water partition coefficient (Wildman–Crippen LogP) is 0.608. The Balaban J connectivity index is 2.05. The Labute approximate surface area is 127 Å². The zero-order valence-electron chi connectivity index (χ0n) is 13.6. The first kappa shape index (κ1) is 15.9. The van der Waals surface area contributed by atoms with Crippen LogP contribution in [0.3, 0.4) is 0 Å². The third-order valence-corrected chi connectivity index (χ3v) is 3.93. The van der Waals surface area contributed by atoms with Crippen molar-refractivity contribution < 1.29 is 0 Å². The molecule has 2 rings (SSSR count). The van der Waals surface area contributed by atoms with E-state index in [0.29, 0.717) is 11.9 Å². The van der Waals surface area contributed by atoms with Gasteiger partial charge in [0.25, 0.3) is 0 Å². The fourth-order valence-electron chi connectivity index (χ4n) is 2.64. The van der Waals surface area contributed by atoms with Crippen LogP contribution in [0.5, 0.6) is 0 Å². The van der Waals surface area contributed by atoms with Crippen molar-refractivity contribution in [2.75, 3.05) is 57.5 Å². The van der Waals surface area contributed by atoms with Gasteiger partial charge in [0, 0.05) is 40.3 Å². The van der Waals surface area contributed by atoms with Gasteiger partial charge in [-0.05, 0) is 19.9 Å². The Morgan fingerprint density at radius 2 is 1.81 bits per heavy atom. The van der Waals surface area contributed by atoms with Gasteiger partial charge in [-0.2, -0.15) is 15.0 Å². The van der Waals surface area contributed by atoms with E-state index in [9.17, 15) is 0 Å². The number of piperazine rings is 1. The summed E-state index contributed by atoms with van der Waals surface area (Å²) in [6.07, 6.45) is 1.21. The molecule has 0 aliphatic carbocycles. The van der Waals surface area contributed by atoms with E-state index in [1.807, 2.05) is 19.0 Å². The number of anilines is 2. The maximum Gasteiger partial charge on any atom is 0.229 e. The average Bonchev–Trinajstić information content (AvgIpc) is 2.47. The quantitative estimate of drug-likeness (QED) is 0.852. The molecule has 1 aliphatic rings. The Bertz CT molecular complexity index is 455. The smallest absolute Gasteiger partial charge is 0.229 e. The Hall–Kier alpha value is -1.47. The molecule has 0 bridgehead atoms. The molecule has 0 aromatic carbocycles. The lowest BCUT2D eigenvalue weighted by molar-refractivity contribution is 0.0992. The highest BCUT2D eigenvalue weighted by Gasteiger charge is 2.24. The SMILES string of the molecule is CCCN1CCN([C@H](C)c2nc(N)nc(N(C)C)n2)CC1. The molecule has 0 saturated carbocycles. The second-order valence-corrected chi connectivity index (χ2v) is 5.80. The minimum atomic E-state index is 0.165. The van der Waals surface area contributed by atoms with Crippen LogP contribution >= 0.6 is 0 Å². The van der Waals surface area contributed by atoms with Crippen molar-refractivity contribution in [2.45, 2.75) is 26.3 Å². The average molecular weight is 293 g/mol. The van der Waals surface area contributed by atoms with E-state index in [4.69, 9.17) is 5.73 Å². The number of hydrogen-bond acceptors (Lipinski definition) is 7. The van der Waals surface area contributed by atoms with E-state index in [0.717, 1.165) is 32.0 Å². The lowest BCUT2D eigenvalue weighted by Gasteiger charge is -2.37. The summed E-state index contributed by atoms with van der Waals surface area (Å²) in [5.41, 5.74) is 5.81. The molecule has 0 amide bonds. The predicted molar refractivity (Wildman–Crippen MR) is 85.3 cm³/mol. The standard InChI is InChI=1S/C14H27N7/c1-5-6-20-7-9-21(10-8-20)11(2)12-16-13(15)18-14(17-12)19(3)4/h11H,5-10H2,1-4H3,(H2,15,16,17,18)/t11-/m1/s1. The first-order valence-corrected chi connectivity index (χ1v) is 7.66. The summed E-state index contributed by atoms with van der Waals surface area (Å²) in [6.45, 7) is 9.87. The summed E-state index contributed by atoms with van der Waals surface area (Å²) >= 11 is 0. The molecular formula is C14H27N7. The number of nitrogen functional groups attached to an aromatic ring is 1. The van der Waals surface area contributed by atoms with Gasteiger partial charge < -0.3 is 15.5 Å². The molecule has 1 aliphatic heterocycles. The van der Waals surface area contributed by atoms with Crippen LogP contribution in [0.4, 0.5) is 11.9 Å². The van der Waals surface area contributed by atoms with Gasteiger partial charge in [-0.25, -0.2) is 0 Å². The molecule has 1 atom stereocenters. The van der Waals surface area contributed by atoms with Crippen molar-refractivity contribution in [3.8, 4) is 0 Å². The monoisotopic (exact) mass is 293 g/mol. The lowest BCUT2D eigenvalue weighted by Crippen LogP contribution is -2.47. The topological polar surface area (TPSA) is 74.4 Å². The molecule has 21 heavy (non-hydrogen) atoms. The van der Waals surface area contributed by atoms with Crippen LogP contribution in [-0.4, -0.2) is 71.6 Å². The summed E-state index contributed by atoms with van der Waals surface area (Å²) in [4.78, 5) is 19.8. The van der Waals surface area contributed by atoms with E-state index >= 15 is 0 Å². The van der Waals surface area contributed by atoms with Crippen LogP contribution < -0.4 is 10.6 Å². The summed E-state index contributed by atoms with van der Waals surface area (Å²) < 4.78 is 0. The Kier molecular flexibility index (Phi) is 5.30. The summed E-state index contributed by atoms with van der Waals surface area (Å²) in [5, 5.41) is 0. The third kappa shape index (κ3) is 4.01. The highest BCUT2D eigenvalue weighted by Crippen LogP contribution is 2.20. The van der Waals surface area contributed by atoms with Crippen LogP contribution in [0.1, 0.15) is 32.1 Å². The van der Waals surface area contributed by atoms with Gasteiger partial charge in [-0.3, -0.25) is 4.90 Å². The first-order chi connectivity index (χ1) is 10.0. The third-order valence-electron chi connectivity index (χ3n) is 3.93. The number of rotatable bonds is 5. The maximum absolute atomic E-state index is 5.81. The van der Waals surface area contributed by atoms with Gasteiger partial charge in [-0.15, -0.1) is 0 Å². The number of hydrogen-bond donors (Lipinski definition) is 1. The van der Waals surface area contributed by atoms with Gasteiger partial charge in [0.15, 0.2) is 5.82 Å². The zero-order chi connectivity index (χ0) is 15.4. The van der Waals surface area contributed by atoms with Crippen molar-refractivity contribution >= 4 is 11.9 Å². The molecular weight excluding hydrogens is 266 g/mol. The van der Waals surface area contributed by atoms with Crippen LogP contribution in [-0.2, 0) is 0 Å². The van der Waals surface area contributed by atoms with E-state index < -0.39 is 0 Å². The number of aromatic nitrogens is 3. The van der Waals surface area contributed by atoms with Crippen molar-refractivity contribution in [1.82, 2.24) is 24.8 Å². The normalized spacial score (nSPS) is 18.7. The first-order valence-electron chi connectivity index (χ1n) is 7.66. The second-order valence-electron chi connectivity index (χ2n) is 5.80. The van der Waals surface area contributed by atoms with Crippen molar-refractivity contribution in [1.29, 1.82) is 0 Å². The zero-order valence-corrected chi connectivity index (χ0v) is 13.6. The molecule has 1 saturated heterocycles. The van der Waals surface area contributed by atoms with Gasteiger partial charge in [0.2, 0.25) is 11.9 Å². The highest BCUT2D eigenvalue weighted by atomic mass is 15.3. The molecule has 1 aromatic heterocycles. The van der Waals surface area contributed by atoms with Gasteiger partial charge in [-0.1, -0.05) is 6.92 Å². The Morgan fingerprint density at radius 1 is 1.14 bits per heavy atom. The van der Waals surface area contributed by atoms with Crippen LogP contribution in [0.15, 0.2) is 0 Å². The molecule has 1 aromatic rings. The molecule has 2 N–H and O–H groups in total. The van der Waals surface area contributed by atoms with Gasteiger partial charge in [0.1, 0.15) is 0 Å². The molecule has 0 spiro atoms. The molecule has 7 nitrogen and oxygen atoms in total. The Morgan fingerprint density at radius 3 is 2.38 bits per heavy atom. The minimum Gasteiger partial charge on any atom is -0.368 e. The van der Waals surface area contributed by atoms with Crippen LogP contribution in [0, 0.1) is 0 Å². The van der Waals surface area contributed by atoms with E-state index in [1.54, 1.807) is 0 Å². The molecule has 118 valence electrons. The molecule has 2 heterocycles. The number of nitrogens with two attached hydrogens (primary N) is 1. The summed E-state index contributed by atoms with van der Waals surface area (Å²) in [7, 11) is 3.82. The molecule has 0 unspecified atom stereocenters. The van der Waals surface area contributed by atoms with E-state index in [2.05, 4.69) is 38.6 Å². The molecule has 0 radical (unpaired) electrons. The highest BCUT2D eigenvalue weighted by molar-refractivity contribution is 5.33.